The highest BCUT2D eigenvalue weighted by atomic mass is 35.5. The second-order valence-corrected chi connectivity index (χ2v) is 8.57. The van der Waals surface area contributed by atoms with Crippen molar-refractivity contribution < 1.29 is 9.59 Å². The summed E-state index contributed by atoms with van der Waals surface area (Å²) in [7, 11) is 0. The molecule has 0 bridgehead atoms. The van der Waals surface area contributed by atoms with Gasteiger partial charge in [0.25, 0.3) is 11.8 Å². The van der Waals surface area contributed by atoms with Gasteiger partial charge >= 0.3 is 0 Å². The number of amides is 2. The lowest BCUT2D eigenvalue weighted by molar-refractivity contribution is -0.120. The Balaban J connectivity index is 1.62. The number of benzene rings is 3. The average Bonchev–Trinajstić information content (AvgIpc) is 3.14. The van der Waals surface area contributed by atoms with Gasteiger partial charge < -0.3 is 16.0 Å². The third-order valence-corrected chi connectivity index (χ3v) is 5.98. The van der Waals surface area contributed by atoms with E-state index >= 15 is 0 Å². The van der Waals surface area contributed by atoms with Crippen LogP contribution in [-0.4, -0.2) is 30.2 Å². The molecule has 3 aromatic carbocycles. The van der Waals surface area contributed by atoms with E-state index < -0.39 is 12.1 Å². The maximum Gasteiger partial charge on any atom is 0.272 e. The van der Waals surface area contributed by atoms with Gasteiger partial charge in [-0.3, -0.25) is 9.59 Å². The number of anilines is 2. The molecule has 2 heterocycles. The third-order valence-electron chi connectivity index (χ3n) is 5.54. The van der Waals surface area contributed by atoms with Crippen LogP contribution >= 0.6 is 23.2 Å². The first-order valence-corrected chi connectivity index (χ1v) is 10.8. The molecule has 0 aromatic heterocycles. The van der Waals surface area contributed by atoms with Crippen LogP contribution in [0.2, 0.25) is 10.0 Å². The van der Waals surface area contributed by atoms with Crippen molar-refractivity contribution in [3.63, 3.8) is 0 Å². The normalized spacial score (nSPS) is 16.9. The molecular formula is C24H18Cl2N4O2. The summed E-state index contributed by atoms with van der Waals surface area (Å²) >= 11 is 12.1. The van der Waals surface area contributed by atoms with Gasteiger partial charge in [-0.25, -0.2) is 4.99 Å². The lowest BCUT2D eigenvalue weighted by Gasteiger charge is -2.21. The van der Waals surface area contributed by atoms with Crippen LogP contribution in [0.4, 0.5) is 11.4 Å². The highest BCUT2D eigenvalue weighted by Gasteiger charge is 2.37. The number of nitrogens with two attached hydrogens (primary N) is 1. The van der Waals surface area contributed by atoms with E-state index in [0.29, 0.717) is 34.4 Å². The molecule has 0 saturated heterocycles. The molecule has 6 nitrogen and oxygen atoms in total. The van der Waals surface area contributed by atoms with Crippen LogP contribution in [0.1, 0.15) is 27.0 Å². The molecule has 1 atom stereocenters. The predicted molar refractivity (Wildman–Crippen MR) is 127 cm³/mol. The zero-order chi connectivity index (χ0) is 22.4. The number of carbonyl (C=O) groups is 2. The third kappa shape index (κ3) is 3.61. The summed E-state index contributed by atoms with van der Waals surface area (Å²) in [5.74, 6) is -0.795. The van der Waals surface area contributed by atoms with Crippen molar-refractivity contribution in [2.45, 2.75) is 12.6 Å². The van der Waals surface area contributed by atoms with E-state index in [4.69, 9.17) is 33.9 Å². The summed E-state index contributed by atoms with van der Waals surface area (Å²) in [6, 6.07) is 17.8. The Labute approximate surface area is 194 Å². The van der Waals surface area contributed by atoms with E-state index in [1.807, 2.05) is 42.5 Å². The van der Waals surface area contributed by atoms with Crippen molar-refractivity contribution in [2.75, 3.05) is 17.2 Å². The average molecular weight is 465 g/mol. The minimum Gasteiger partial charge on any atom is -0.399 e. The van der Waals surface area contributed by atoms with Crippen molar-refractivity contribution >= 4 is 52.1 Å². The zero-order valence-electron chi connectivity index (χ0n) is 16.8. The summed E-state index contributed by atoms with van der Waals surface area (Å²) < 4.78 is 0. The summed E-state index contributed by atoms with van der Waals surface area (Å²) in [6.07, 6.45) is -0.429. The number of aliphatic imine (C=N–C) groups is 1. The van der Waals surface area contributed by atoms with Gasteiger partial charge in [-0.1, -0.05) is 53.5 Å². The molecule has 0 spiro atoms. The SMILES string of the molecule is Nc1cc2c3c(c1)C(c1ccccc1)=NC(NC(=O)c1cc(Cl)cc(Cl)c1)C(=O)N3CC2. The van der Waals surface area contributed by atoms with Crippen molar-refractivity contribution in [3.05, 3.63) is 93.0 Å². The summed E-state index contributed by atoms with van der Waals surface area (Å²) in [5.41, 5.74) is 11.0. The summed E-state index contributed by atoms with van der Waals surface area (Å²) in [4.78, 5) is 32.8. The van der Waals surface area contributed by atoms with Crippen molar-refractivity contribution in [1.82, 2.24) is 5.32 Å². The molecule has 0 radical (unpaired) electrons. The number of rotatable bonds is 3. The second-order valence-electron chi connectivity index (χ2n) is 7.69. The van der Waals surface area contributed by atoms with E-state index in [0.717, 1.165) is 22.4 Å². The number of hydrogen-bond acceptors (Lipinski definition) is 4. The fourth-order valence-corrected chi connectivity index (χ4v) is 4.71. The first kappa shape index (κ1) is 20.5. The standard InChI is InChI=1S/C24H18Cl2N4O2/c25-16-8-15(9-17(26)11-16)23(31)29-22-24(32)30-7-6-14-10-18(27)12-19(21(14)30)20(28-22)13-4-2-1-3-5-13/h1-5,8-12,22H,6-7,27H2,(H,29,31). The Bertz CT molecular complexity index is 1270. The molecule has 32 heavy (non-hydrogen) atoms. The molecule has 8 heteroatoms. The van der Waals surface area contributed by atoms with Crippen LogP contribution in [0.3, 0.4) is 0 Å². The lowest BCUT2D eigenvalue weighted by Crippen LogP contribution is -2.47. The molecule has 0 aliphatic carbocycles. The van der Waals surface area contributed by atoms with Crippen molar-refractivity contribution in [2.24, 2.45) is 4.99 Å². The first-order chi connectivity index (χ1) is 15.4. The molecule has 0 fully saturated rings. The molecule has 0 saturated carbocycles. The fourth-order valence-electron chi connectivity index (χ4n) is 4.19. The highest BCUT2D eigenvalue weighted by Crippen LogP contribution is 2.38. The Morgan fingerprint density at radius 3 is 2.50 bits per heavy atom. The van der Waals surface area contributed by atoms with E-state index in [-0.39, 0.29) is 11.5 Å². The Hall–Kier alpha value is -3.35. The molecule has 1 unspecified atom stereocenters. The van der Waals surface area contributed by atoms with Gasteiger partial charge in [-0.2, -0.15) is 0 Å². The molecule has 2 aliphatic heterocycles. The molecular weight excluding hydrogens is 447 g/mol. The minimum absolute atomic E-state index is 0.250. The van der Waals surface area contributed by atoms with E-state index in [9.17, 15) is 9.59 Å². The molecule has 2 amide bonds. The molecule has 5 rings (SSSR count). The predicted octanol–water partition coefficient (Wildman–Crippen LogP) is 4.07. The monoisotopic (exact) mass is 464 g/mol. The van der Waals surface area contributed by atoms with Gasteiger partial charge in [0.15, 0.2) is 0 Å². The molecule has 160 valence electrons. The Morgan fingerprint density at radius 2 is 1.78 bits per heavy atom. The van der Waals surface area contributed by atoms with Gasteiger partial charge in [-0.15, -0.1) is 0 Å². The van der Waals surface area contributed by atoms with Crippen LogP contribution in [0.15, 0.2) is 65.7 Å². The number of nitrogens with zero attached hydrogens (tertiary/aromatic N) is 2. The van der Waals surface area contributed by atoms with Crippen LogP contribution in [-0.2, 0) is 11.2 Å². The number of carbonyl (C=O) groups excluding carboxylic acids is 2. The Kier molecular flexibility index (Phi) is 5.12. The minimum atomic E-state index is -1.12. The first-order valence-electron chi connectivity index (χ1n) is 10.0. The zero-order valence-corrected chi connectivity index (χ0v) is 18.3. The molecule has 2 aliphatic rings. The van der Waals surface area contributed by atoms with Gasteiger partial charge in [0.2, 0.25) is 6.17 Å². The van der Waals surface area contributed by atoms with E-state index in [2.05, 4.69) is 5.32 Å². The number of nitrogen functional groups attached to an aromatic ring is 1. The molecule has 3 N–H and O–H groups in total. The van der Waals surface area contributed by atoms with Crippen LogP contribution in [0, 0.1) is 0 Å². The van der Waals surface area contributed by atoms with Crippen LogP contribution in [0.25, 0.3) is 0 Å². The number of halogens is 2. The van der Waals surface area contributed by atoms with E-state index in [1.165, 1.54) is 18.2 Å². The quantitative estimate of drug-likeness (QED) is 0.572. The van der Waals surface area contributed by atoms with Gasteiger partial charge in [-0.05, 0) is 42.3 Å². The maximum atomic E-state index is 13.5. The Morgan fingerprint density at radius 1 is 1.06 bits per heavy atom. The number of hydrogen-bond donors (Lipinski definition) is 2. The van der Waals surface area contributed by atoms with Crippen molar-refractivity contribution in [1.29, 1.82) is 0 Å². The van der Waals surface area contributed by atoms with Crippen molar-refractivity contribution in [3.8, 4) is 0 Å². The van der Waals surface area contributed by atoms with Gasteiger partial charge in [0, 0.05) is 39.0 Å². The van der Waals surface area contributed by atoms with Gasteiger partial charge in [0.1, 0.15) is 0 Å². The van der Waals surface area contributed by atoms with Crippen LogP contribution < -0.4 is 16.0 Å². The highest BCUT2D eigenvalue weighted by molar-refractivity contribution is 6.35. The second kappa shape index (κ2) is 7.97. The van der Waals surface area contributed by atoms with E-state index in [1.54, 1.807) is 4.90 Å². The topological polar surface area (TPSA) is 87.8 Å². The van der Waals surface area contributed by atoms with Crippen LogP contribution in [0.5, 0.6) is 0 Å². The smallest absolute Gasteiger partial charge is 0.272 e. The largest absolute Gasteiger partial charge is 0.399 e. The molecule has 3 aromatic rings. The lowest BCUT2D eigenvalue weighted by atomic mass is 9.97. The number of nitrogens with one attached hydrogen (secondary N) is 1. The summed E-state index contributed by atoms with van der Waals surface area (Å²) in [6.45, 7) is 0.498. The fraction of sp³-hybridized carbons (Fsp3) is 0.125. The van der Waals surface area contributed by atoms with Gasteiger partial charge in [0.05, 0.1) is 11.4 Å². The maximum absolute atomic E-state index is 13.5. The summed E-state index contributed by atoms with van der Waals surface area (Å²) in [5, 5.41) is 3.41.